The molecule has 1 aromatic carbocycles. The summed E-state index contributed by atoms with van der Waals surface area (Å²) in [6.07, 6.45) is 1.16. The molecule has 15 heavy (non-hydrogen) atoms. The zero-order chi connectivity index (χ0) is 11.4. The highest BCUT2D eigenvalue weighted by Gasteiger charge is 2.18. The minimum absolute atomic E-state index is 0.389. The van der Waals surface area contributed by atoms with Crippen LogP contribution in [-0.2, 0) is 0 Å². The Labute approximate surface area is 111 Å². The van der Waals surface area contributed by atoms with E-state index >= 15 is 0 Å². The Bertz CT molecular complexity index is 327. The molecule has 1 N–H and O–H groups in total. The molecule has 0 aromatic heterocycles. The van der Waals surface area contributed by atoms with Crippen molar-refractivity contribution in [1.29, 1.82) is 0 Å². The molecule has 2 unspecified atom stereocenters. The Hall–Kier alpha value is 0.200. The molecular weight excluding hydrogens is 320 g/mol. The third kappa shape index (κ3) is 3.33. The van der Waals surface area contributed by atoms with Crippen molar-refractivity contribution >= 4 is 34.2 Å². The standard InChI is InChI=1S/C12H17ClIN/c1-4-8(2)12(15-3)10-7-9(13)5-6-11(10)14/h5-8,12,15H,4H2,1-3H3. The van der Waals surface area contributed by atoms with Crippen molar-refractivity contribution in [3.8, 4) is 0 Å². The van der Waals surface area contributed by atoms with Crippen LogP contribution >= 0.6 is 34.2 Å². The molecule has 0 amide bonds. The highest BCUT2D eigenvalue weighted by Crippen LogP contribution is 2.29. The van der Waals surface area contributed by atoms with E-state index in [1.54, 1.807) is 0 Å². The molecule has 0 radical (unpaired) electrons. The van der Waals surface area contributed by atoms with E-state index < -0.39 is 0 Å². The van der Waals surface area contributed by atoms with Gasteiger partial charge in [-0.05, 0) is 59.3 Å². The lowest BCUT2D eigenvalue weighted by atomic mass is 9.93. The molecule has 0 aliphatic carbocycles. The van der Waals surface area contributed by atoms with Gasteiger partial charge in [-0.25, -0.2) is 0 Å². The summed E-state index contributed by atoms with van der Waals surface area (Å²) in [5.41, 5.74) is 1.31. The summed E-state index contributed by atoms with van der Waals surface area (Å²) in [7, 11) is 2.01. The number of hydrogen-bond donors (Lipinski definition) is 1. The summed E-state index contributed by atoms with van der Waals surface area (Å²) in [5, 5.41) is 4.19. The largest absolute Gasteiger partial charge is 0.313 e. The first-order valence-electron chi connectivity index (χ1n) is 5.22. The van der Waals surface area contributed by atoms with Gasteiger partial charge in [0.1, 0.15) is 0 Å². The zero-order valence-corrected chi connectivity index (χ0v) is 12.3. The first kappa shape index (κ1) is 13.3. The van der Waals surface area contributed by atoms with E-state index in [2.05, 4.69) is 53.9 Å². The monoisotopic (exact) mass is 337 g/mol. The van der Waals surface area contributed by atoms with Crippen molar-refractivity contribution in [3.63, 3.8) is 0 Å². The summed E-state index contributed by atoms with van der Waals surface area (Å²) in [5.74, 6) is 0.613. The topological polar surface area (TPSA) is 12.0 Å². The first-order chi connectivity index (χ1) is 7.10. The first-order valence-corrected chi connectivity index (χ1v) is 6.68. The van der Waals surface area contributed by atoms with Crippen LogP contribution in [0.15, 0.2) is 18.2 Å². The normalized spacial score (nSPS) is 15.0. The minimum atomic E-state index is 0.389. The Balaban J connectivity index is 3.05. The molecule has 0 aliphatic rings. The Morgan fingerprint density at radius 2 is 2.13 bits per heavy atom. The fourth-order valence-electron chi connectivity index (χ4n) is 1.74. The molecule has 1 nitrogen and oxygen atoms in total. The average Bonchev–Trinajstić information content (AvgIpc) is 2.23. The fraction of sp³-hybridized carbons (Fsp3) is 0.500. The van der Waals surface area contributed by atoms with E-state index in [9.17, 15) is 0 Å². The van der Waals surface area contributed by atoms with Crippen LogP contribution in [0.2, 0.25) is 5.02 Å². The highest BCUT2D eigenvalue weighted by atomic mass is 127. The lowest BCUT2D eigenvalue weighted by Crippen LogP contribution is -2.23. The van der Waals surface area contributed by atoms with Gasteiger partial charge in [-0.1, -0.05) is 31.9 Å². The van der Waals surface area contributed by atoms with Gasteiger partial charge in [0.15, 0.2) is 0 Å². The van der Waals surface area contributed by atoms with Crippen LogP contribution in [-0.4, -0.2) is 7.05 Å². The van der Waals surface area contributed by atoms with E-state index in [1.165, 1.54) is 9.13 Å². The molecule has 0 saturated carbocycles. The molecule has 84 valence electrons. The molecule has 0 bridgehead atoms. The Kier molecular flexibility index (Phi) is 5.36. The van der Waals surface area contributed by atoms with Gasteiger partial charge in [0.2, 0.25) is 0 Å². The molecule has 1 aromatic rings. The summed E-state index contributed by atoms with van der Waals surface area (Å²) in [6.45, 7) is 4.48. The SMILES string of the molecule is CCC(C)C(NC)c1cc(Cl)ccc1I. The van der Waals surface area contributed by atoms with Crippen molar-refractivity contribution in [1.82, 2.24) is 5.32 Å². The van der Waals surface area contributed by atoms with Crippen LogP contribution in [0.5, 0.6) is 0 Å². The number of benzene rings is 1. The maximum absolute atomic E-state index is 6.03. The smallest absolute Gasteiger partial charge is 0.0410 e. The minimum Gasteiger partial charge on any atom is -0.313 e. The second kappa shape index (κ2) is 6.06. The van der Waals surface area contributed by atoms with Gasteiger partial charge in [0.25, 0.3) is 0 Å². The molecule has 3 heteroatoms. The van der Waals surface area contributed by atoms with Gasteiger partial charge < -0.3 is 5.32 Å². The van der Waals surface area contributed by atoms with Gasteiger partial charge in [0.05, 0.1) is 0 Å². The summed E-state index contributed by atoms with van der Waals surface area (Å²) in [6, 6.07) is 6.47. The second-order valence-electron chi connectivity index (χ2n) is 3.82. The van der Waals surface area contributed by atoms with Gasteiger partial charge in [-0.3, -0.25) is 0 Å². The third-order valence-corrected chi connectivity index (χ3v) is 4.03. The predicted molar refractivity (Wildman–Crippen MR) is 75.4 cm³/mol. The number of nitrogens with one attached hydrogen (secondary N) is 1. The maximum Gasteiger partial charge on any atom is 0.0410 e. The van der Waals surface area contributed by atoms with Gasteiger partial charge in [0, 0.05) is 14.6 Å². The summed E-state index contributed by atoms with van der Waals surface area (Å²) >= 11 is 8.40. The van der Waals surface area contributed by atoms with Crippen molar-refractivity contribution in [2.75, 3.05) is 7.05 Å². The number of halogens is 2. The van der Waals surface area contributed by atoms with E-state index in [0.717, 1.165) is 11.4 Å². The van der Waals surface area contributed by atoms with Crippen molar-refractivity contribution < 1.29 is 0 Å². The molecule has 0 aliphatic heterocycles. The maximum atomic E-state index is 6.03. The van der Waals surface area contributed by atoms with Gasteiger partial charge in [-0.2, -0.15) is 0 Å². The molecule has 0 saturated heterocycles. The zero-order valence-electron chi connectivity index (χ0n) is 9.35. The van der Waals surface area contributed by atoms with Crippen molar-refractivity contribution in [2.45, 2.75) is 26.3 Å². The van der Waals surface area contributed by atoms with E-state index in [4.69, 9.17) is 11.6 Å². The van der Waals surface area contributed by atoms with Crippen LogP contribution < -0.4 is 5.32 Å². The van der Waals surface area contributed by atoms with Crippen LogP contribution in [0, 0.1) is 9.49 Å². The quantitative estimate of drug-likeness (QED) is 0.810. The average molecular weight is 338 g/mol. The number of rotatable bonds is 4. The van der Waals surface area contributed by atoms with Crippen LogP contribution in [0.25, 0.3) is 0 Å². The summed E-state index contributed by atoms with van der Waals surface area (Å²) in [4.78, 5) is 0. The second-order valence-corrected chi connectivity index (χ2v) is 5.42. The van der Waals surface area contributed by atoms with E-state index in [-0.39, 0.29) is 0 Å². The predicted octanol–water partition coefficient (Wildman–Crippen LogP) is 4.25. The third-order valence-electron chi connectivity index (χ3n) is 2.82. The van der Waals surface area contributed by atoms with Crippen LogP contribution in [0.3, 0.4) is 0 Å². The molecule has 1 rings (SSSR count). The Morgan fingerprint density at radius 3 is 2.67 bits per heavy atom. The van der Waals surface area contributed by atoms with Gasteiger partial charge >= 0.3 is 0 Å². The fourth-order valence-corrected chi connectivity index (χ4v) is 2.59. The van der Waals surface area contributed by atoms with Crippen molar-refractivity contribution in [2.24, 2.45) is 5.92 Å². The summed E-state index contributed by atoms with van der Waals surface area (Å²) < 4.78 is 1.27. The lowest BCUT2D eigenvalue weighted by molar-refractivity contribution is 0.399. The van der Waals surface area contributed by atoms with Crippen LogP contribution in [0.1, 0.15) is 31.9 Å². The van der Waals surface area contributed by atoms with Crippen molar-refractivity contribution in [3.05, 3.63) is 32.4 Å². The molecule has 0 heterocycles. The molecule has 0 spiro atoms. The van der Waals surface area contributed by atoms with Crippen LogP contribution in [0.4, 0.5) is 0 Å². The number of hydrogen-bond acceptors (Lipinski definition) is 1. The molecule has 0 fully saturated rings. The lowest BCUT2D eigenvalue weighted by Gasteiger charge is -2.24. The van der Waals surface area contributed by atoms with Gasteiger partial charge in [-0.15, -0.1) is 0 Å². The Morgan fingerprint density at radius 1 is 1.47 bits per heavy atom. The highest BCUT2D eigenvalue weighted by molar-refractivity contribution is 14.1. The molecule has 2 atom stereocenters. The van der Waals surface area contributed by atoms with E-state index in [0.29, 0.717) is 12.0 Å². The van der Waals surface area contributed by atoms with E-state index in [1.807, 2.05) is 13.1 Å². The molecular formula is C12H17ClIN.